The van der Waals surface area contributed by atoms with Gasteiger partial charge in [-0.25, -0.2) is 0 Å². The lowest BCUT2D eigenvalue weighted by Crippen LogP contribution is -2.18. The minimum absolute atomic E-state index is 0.392. The summed E-state index contributed by atoms with van der Waals surface area (Å²) in [5, 5.41) is 9.94. The number of nitrogens with one attached hydrogen (secondary N) is 1. The summed E-state index contributed by atoms with van der Waals surface area (Å²) in [6.45, 7) is 0.634. The molecule has 166 valence electrons. The Morgan fingerprint density at radius 3 is 2.62 bits per heavy atom. The molecule has 1 heterocycles. The molecule has 1 aliphatic carbocycles. The van der Waals surface area contributed by atoms with Gasteiger partial charge in [0.2, 0.25) is 0 Å². The molecule has 1 saturated carbocycles. The molecule has 1 amide bonds. The Bertz CT molecular complexity index is 1130. The maximum atomic E-state index is 13.2. The number of aromatic nitrogens is 2. The number of hydrogen-bond donors (Lipinski definition) is 1. The molecule has 0 saturated heterocycles. The van der Waals surface area contributed by atoms with Crippen molar-refractivity contribution in [1.29, 1.82) is 0 Å². The van der Waals surface area contributed by atoms with Gasteiger partial charge in [-0.3, -0.25) is 9.48 Å². The Balaban J connectivity index is 1.51. The number of rotatable bonds is 7. The van der Waals surface area contributed by atoms with Gasteiger partial charge in [-0.15, -0.1) is 0 Å². The second-order valence-electron chi connectivity index (χ2n) is 7.66. The van der Waals surface area contributed by atoms with E-state index in [9.17, 15) is 18.0 Å². The van der Waals surface area contributed by atoms with Crippen molar-refractivity contribution in [3.63, 3.8) is 0 Å². The Labute approximate surface area is 182 Å². The maximum absolute atomic E-state index is 13.2. The van der Waals surface area contributed by atoms with Crippen LogP contribution in [0.2, 0.25) is 0 Å². The molecule has 0 spiro atoms. The number of amides is 1. The summed E-state index contributed by atoms with van der Waals surface area (Å²) >= 11 is 0. The minimum Gasteiger partial charge on any atom is -0.396 e. The third-order valence-corrected chi connectivity index (χ3v) is 5.02. The van der Waals surface area contributed by atoms with E-state index in [-0.39, 0.29) is 0 Å². The fraction of sp³-hybridized carbons (Fsp3) is 0.261. The second-order valence-corrected chi connectivity index (χ2v) is 7.66. The van der Waals surface area contributed by atoms with Crippen molar-refractivity contribution in [2.24, 2.45) is 18.1 Å². The zero-order chi connectivity index (χ0) is 22.7. The normalized spacial score (nSPS) is 14.0. The lowest BCUT2D eigenvalue weighted by Gasteiger charge is -2.12. The van der Waals surface area contributed by atoms with Crippen molar-refractivity contribution in [2.75, 3.05) is 11.9 Å². The van der Waals surface area contributed by atoms with Crippen molar-refractivity contribution in [3.05, 3.63) is 71.5 Å². The summed E-state index contributed by atoms with van der Waals surface area (Å²) in [5.74, 6) is -0.255. The number of carbonyl (C=O) groups is 1. The van der Waals surface area contributed by atoms with Gasteiger partial charge in [-0.2, -0.15) is 18.3 Å². The Hall–Kier alpha value is -3.62. The van der Waals surface area contributed by atoms with E-state index in [4.69, 9.17) is 4.84 Å². The number of anilines is 1. The molecule has 1 N–H and O–H groups in total. The molecule has 2 aromatic carbocycles. The van der Waals surface area contributed by atoms with Crippen molar-refractivity contribution in [1.82, 2.24) is 9.78 Å². The topological polar surface area (TPSA) is 68.5 Å². The largest absolute Gasteiger partial charge is 0.435 e. The molecule has 0 unspecified atom stereocenters. The highest BCUT2D eigenvalue weighted by Gasteiger charge is 2.39. The number of aryl methyl sites for hydroxylation is 1. The first-order valence-electron chi connectivity index (χ1n) is 10.1. The number of carbonyl (C=O) groups excluding carboxylic acids is 1. The first kappa shape index (κ1) is 21.6. The van der Waals surface area contributed by atoms with Gasteiger partial charge in [0.25, 0.3) is 5.91 Å². The van der Waals surface area contributed by atoms with E-state index in [0.717, 1.165) is 22.0 Å². The first-order valence-corrected chi connectivity index (χ1v) is 10.1. The molecule has 6 nitrogen and oxygen atoms in total. The van der Waals surface area contributed by atoms with Gasteiger partial charge in [0, 0.05) is 24.5 Å². The fourth-order valence-corrected chi connectivity index (χ4v) is 3.18. The molecule has 0 atom stereocenters. The van der Waals surface area contributed by atoms with Gasteiger partial charge in [-0.1, -0.05) is 47.6 Å². The average molecular weight is 442 g/mol. The van der Waals surface area contributed by atoms with E-state index in [1.807, 2.05) is 24.3 Å². The number of hydrogen-bond acceptors (Lipinski definition) is 4. The highest BCUT2D eigenvalue weighted by atomic mass is 19.4. The Morgan fingerprint density at radius 2 is 1.94 bits per heavy atom. The van der Waals surface area contributed by atoms with Crippen LogP contribution in [0, 0.1) is 5.92 Å². The molecule has 1 fully saturated rings. The molecule has 4 rings (SSSR count). The monoisotopic (exact) mass is 442 g/mol. The van der Waals surface area contributed by atoms with Crippen LogP contribution in [0.5, 0.6) is 0 Å². The quantitative estimate of drug-likeness (QED) is 0.408. The molecular weight excluding hydrogens is 421 g/mol. The van der Waals surface area contributed by atoms with Crippen molar-refractivity contribution in [3.8, 4) is 11.1 Å². The summed E-state index contributed by atoms with van der Waals surface area (Å²) in [7, 11) is 1.34. The zero-order valence-electron chi connectivity index (χ0n) is 17.3. The number of oxime groups is 1. The summed E-state index contributed by atoms with van der Waals surface area (Å²) in [5.41, 5.74) is 0.945. The van der Waals surface area contributed by atoms with Gasteiger partial charge in [0.15, 0.2) is 5.69 Å². The van der Waals surface area contributed by atoms with Crippen LogP contribution in [-0.2, 0) is 18.1 Å². The zero-order valence-corrected chi connectivity index (χ0v) is 17.3. The fourth-order valence-electron chi connectivity index (χ4n) is 3.18. The van der Waals surface area contributed by atoms with E-state index in [0.29, 0.717) is 23.8 Å². The average Bonchev–Trinajstić information content (AvgIpc) is 3.50. The molecular formula is C23H21F3N4O2. The number of halogens is 3. The van der Waals surface area contributed by atoms with Crippen LogP contribution in [0.4, 0.5) is 18.9 Å². The Kier molecular flexibility index (Phi) is 5.98. The molecule has 0 radical (unpaired) electrons. The molecule has 0 bridgehead atoms. The lowest BCUT2D eigenvalue weighted by atomic mass is 10.0. The molecule has 3 aromatic rings. The van der Waals surface area contributed by atoms with E-state index < -0.39 is 23.3 Å². The molecule has 9 heteroatoms. The van der Waals surface area contributed by atoms with Crippen LogP contribution >= 0.6 is 0 Å². The third kappa shape index (κ3) is 5.16. The summed E-state index contributed by atoms with van der Waals surface area (Å²) in [4.78, 5) is 17.9. The number of benzene rings is 2. The predicted molar refractivity (Wildman–Crippen MR) is 114 cm³/mol. The summed E-state index contributed by atoms with van der Waals surface area (Å²) < 4.78 is 40.6. The van der Waals surface area contributed by atoms with Crippen LogP contribution in [-0.4, -0.2) is 28.5 Å². The van der Waals surface area contributed by atoms with Crippen LogP contribution in [0.1, 0.15) is 34.5 Å². The van der Waals surface area contributed by atoms with Crippen LogP contribution < -0.4 is 5.32 Å². The molecule has 1 aromatic heterocycles. The molecule has 0 aliphatic heterocycles. The van der Waals surface area contributed by atoms with Gasteiger partial charge in [-0.05, 0) is 36.0 Å². The smallest absolute Gasteiger partial charge is 0.396 e. The lowest BCUT2D eigenvalue weighted by molar-refractivity contribution is -0.141. The van der Waals surface area contributed by atoms with Gasteiger partial charge < -0.3 is 10.2 Å². The number of para-hydroxylation sites is 1. The van der Waals surface area contributed by atoms with Crippen molar-refractivity contribution < 1.29 is 22.8 Å². The first-order chi connectivity index (χ1) is 15.3. The highest BCUT2D eigenvalue weighted by molar-refractivity contribution is 6.07. The second kappa shape index (κ2) is 8.86. The minimum atomic E-state index is -4.73. The van der Waals surface area contributed by atoms with Crippen LogP contribution in [0.15, 0.2) is 59.9 Å². The van der Waals surface area contributed by atoms with Crippen molar-refractivity contribution in [2.45, 2.75) is 19.0 Å². The summed E-state index contributed by atoms with van der Waals surface area (Å²) in [6, 6.07) is 14.3. The Morgan fingerprint density at radius 1 is 1.22 bits per heavy atom. The van der Waals surface area contributed by atoms with Gasteiger partial charge in [0.1, 0.15) is 6.61 Å². The molecule has 1 aliphatic rings. The van der Waals surface area contributed by atoms with Crippen molar-refractivity contribution >= 4 is 17.8 Å². The van der Waals surface area contributed by atoms with Crippen LogP contribution in [0.25, 0.3) is 11.1 Å². The SMILES string of the molecule is Cn1cc(C(=O)Nc2ccccc2-c2ccc(/C=N\OCC3CC3)cc2)c(C(F)(F)F)n1. The third-order valence-electron chi connectivity index (χ3n) is 5.02. The van der Waals surface area contributed by atoms with E-state index in [2.05, 4.69) is 15.6 Å². The standard InChI is InChI=1S/C23H21F3N4O2/c1-30-13-19(21(29-30)23(24,25)26)22(31)28-20-5-3-2-4-18(20)17-10-8-15(9-11-17)12-27-32-14-16-6-7-16/h2-5,8-13,16H,6-7,14H2,1H3,(H,28,31)/b27-12-. The highest BCUT2D eigenvalue weighted by Crippen LogP contribution is 2.32. The number of alkyl halides is 3. The van der Waals surface area contributed by atoms with E-state index >= 15 is 0 Å². The van der Waals surface area contributed by atoms with Gasteiger partial charge >= 0.3 is 6.18 Å². The number of nitrogens with zero attached hydrogens (tertiary/aromatic N) is 3. The maximum Gasteiger partial charge on any atom is 0.435 e. The van der Waals surface area contributed by atoms with Gasteiger partial charge in [0.05, 0.1) is 11.8 Å². The van der Waals surface area contributed by atoms with Crippen LogP contribution in [0.3, 0.4) is 0 Å². The van der Waals surface area contributed by atoms with E-state index in [1.165, 1.54) is 19.9 Å². The van der Waals surface area contributed by atoms with E-state index in [1.54, 1.807) is 30.5 Å². The molecule has 32 heavy (non-hydrogen) atoms. The summed E-state index contributed by atoms with van der Waals surface area (Å²) in [6.07, 6.45) is 0.339. The predicted octanol–water partition coefficient (Wildman–Crippen LogP) is 5.12.